The Morgan fingerprint density at radius 2 is 0.952 bits per heavy atom. The molecule has 4 heteroatoms. The van der Waals surface area contributed by atoms with Gasteiger partial charge >= 0.3 is 0 Å². The normalized spacial score (nSPS) is 12.2. The lowest BCUT2D eigenvalue weighted by molar-refractivity contribution is 0.669. The summed E-state index contributed by atoms with van der Waals surface area (Å²) in [7, 11) is 0. The van der Waals surface area contributed by atoms with Gasteiger partial charge in [-0.05, 0) is 93.0 Å². The number of hydrogen-bond donors (Lipinski definition) is 0. The Kier molecular flexibility index (Phi) is 6.80. The SMILES string of the molecule is c1ccc(N(c2cccc(-n3c4ccccc4c4cc5c(cc43)oc3c5ccc4c5ccccc5c5ccc6ccccc6c5c43)c2)c2cccc3c2oc2ccccc23)cc1. The molecule has 62 heavy (non-hydrogen) atoms. The number of fused-ring (bicyclic) bond motifs is 18. The molecule has 0 unspecified atom stereocenters. The first-order valence-corrected chi connectivity index (χ1v) is 21.2. The summed E-state index contributed by atoms with van der Waals surface area (Å²) in [6, 6.07) is 74.1. The molecule has 0 fully saturated rings. The first-order chi connectivity index (χ1) is 30.8. The van der Waals surface area contributed by atoms with Gasteiger partial charge < -0.3 is 18.3 Å². The van der Waals surface area contributed by atoms with Crippen molar-refractivity contribution >= 4 is 126 Å². The molecule has 0 bridgehead atoms. The molecule has 0 spiro atoms. The van der Waals surface area contributed by atoms with E-state index in [-0.39, 0.29) is 0 Å². The molecule has 0 amide bonds. The fourth-order valence-electron chi connectivity index (χ4n) is 10.5. The Bertz CT molecular complexity index is 4170. The summed E-state index contributed by atoms with van der Waals surface area (Å²) < 4.78 is 16.2. The molecular formula is C58H34N2O2. The molecule has 11 aromatic carbocycles. The van der Waals surface area contributed by atoms with Gasteiger partial charge in [0.15, 0.2) is 5.58 Å². The maximum absolute atomic E-state index is 7.18. The van der Waals surface area contributed by atoms with E-state index in [1.54, 1.807) is 0 Å². The van der Waals surface area contributed by atoms with E-state index >= 15 is 0 Å². The van der Waals surface area contributed by atoms with Gasteiger partial charge in [0, 0.05) is 66.2 Å². The van der Waals surface area contributed by atoms with Crippen molar-refractivity contribution in [3.63, 3.8) is 0 Å². The number of anilines is 3. The van der Waals surface area contributed by atoms with Crippen molar-refractivity contribution in [2.45, 2.75) is 0 Å². The molecule has 0 aliphatic rings. The first kappa shape index (κ1) is 33.5. The molecular weight excluding hydrogens is 757 g/mol. The zero-order valence-corrected chi connectivity index (χ0v) is 33.3. The summed E-state index contributed by atoms with van der Waals surface area (Å²) >= 11 is 0. The minimum atomic E-state index is 0.855. The van der Waals surface area contributed by atoms with E-state index in [1.165, 1.54) is 48.5 Å². The van der Waals surface area contributed by atoms with E-state index in [1.807, 2.05) is 12.1 Å². The average Bonchev–Trinajstić information content (AvgIpc) is 4.01. The van der Waals surface area contributed by atoms with Gasteiger partial charge in [0.25, 0.3) is 0 Å². The number of benzene rings is 11. The molecule has 0 saturated heterocycles. The van der Waals surface area contributed by atoms with Gasteiger partial charge in [-0.2, -0.15) is 0 Å². The zero-order valence-electron chi connectivity index (χ0n) is 33.3. The highest BCUT2D eigenvalue weighted by Crippen LogP contribution is 2.47. The van der Waals surface area contributed by atoms with Gasteiger partial charge in [-0.25, -0.2) is 0 Å². The summed E-state index contributed by atoms with van der Waals surface area (Å²) in [4.78, 5) is 2.31. The molecule has 3 heterocycles. The second-order valence-electron chi connectivity index (χ2n) is 16.4. The molecule has 0 aliphatic carbocycles. The number of para-hydroxylation sites is 4. The Balaban J connectivity index is 1.03. The van der Waals surface area contributed by atoms with Crippen LogP contribution >= 0.6 is 0 Å². The van der Waals surface area contributed by atoms with E-state index in [0.717, 1.165) is 83.0 Å². The van der Waals surface area contributed by atoms with E-state index in [4.69, 9.17) is 8.83 Å². The summed E-state index contributed by atoms with van der Waals surface area (Å²) in [6.07, 6.45) is 0. The van der Waals surface area contributed by atoms with Crippen molar-refractivity contribution in [1.82, 2.24) is 4.57 Å². The van der Waals surface area contributed by atoms with Gasteiger partial charge in [-0.1, -0.05) is 140 Å². The van der Waals surface area contributed by atoms with Gasteiger partial charge in [0.05, 0.1) is 16.7 Å². The van der Waals surface area contributed by atoms with Crippen LogP contribution in [0, 0.1) is 0 Å². The Hall–Kier alpha value is -8.34. The number of furan rings is 2. The summed E-state index contributed by atoms with van der Waals surface area (Å²) in [5.41, 5.74) is 9.85. The quantitative estimate of drug-likeness (QED) is 0.167. The summed E-state index contributed by atoms with van der Waals surface area (Å²) in [6.45, 7) is 0. The molecule has 288 valence electrons. The largest absolute Gasteiger partial charge is 0.455 e. The number of aromatic nitrogens is 1. The van der Waals surface area contributed by atoms with Crippen LogP contribution in [-0.2, 0) is 0 Å². The maximum atomic E-state index is 7.18. The topological polar surface area (TPSA) is 34.5 Å². The molecule has 0 saturated carbocycles. The average molecular weight is 791 g/mol. The van der Waals surface area contributed by atoms with Crippen molar-refractivity contribution in [3.8, 4) is 5.69 Å². The van der Waals surface area contributed by atoms with Crippen LogP contribution in [0.5, 0.6) is 0 Å². The summed E-state index contributed by atoms with van der Waals surface area (Å²) in [5, 5.41) is 16.6. The van der Waals surface area contributed by atoms with Crippen LogP contribution in [0.4, 0.5) is 17.1 Å². The van der Waals surface area contributed by atoms with E-state index in [0.29, 0.717) is 0 Å². The molecule has 0 atom stereocenters. The lowest BCUT2D eigenvalue weighted by atomic mass is 9.90. The van der Waals surface area contributed by atoms with Crippen molar-refractivity contribution in [3.05, 3.63) is 206 Å². The third-order valence-corrected chi connectivity index (χ3v) is 13.1. The van der Waals surface area contributed by atoms with E-state index in [2.05, 4.69) is 204 Å². The van der Waals surface area contributed by atoms with Crippen molar-refractivity contribution in [1.29, 1.82) is 0 Å². The Morgan fingerprint density at radius 1 is 0.323 bits per heavy atom. The van der Waals surface area contributed by atoms with Gasteiger partial charge in [-0.3, -0.25) is 0 Å². The fraction of sp³-hybridized carbons (Fsp3) is 0. The van der Waals surface area contributed by atoms with Gasteiger partial charge in [-0.15, -0.1) is 0 Å². The van der Waals surface area contributed by atoms with Crippen LogP contribution in [0.2, 0.25) is 0 Å². The number of rotatable bonds is 4. The molecule has 0 radical (unpaired) electrons. The molecule has 3 aromatic heterocycles. The fourth-order valence-corrected chi connectivity index (χ4v) is 10.5. The Morgan fingerprint density at radius 3 is 1.82 bits per heavy atom. The minimum absolute atomic E-state index is 0.855. The van der Waals surface area contributed by atoms with Crippen molar-refractivity contribution < 1.29 is 8.83 Å². The maximum Gasteiger partial charge on any atom is 0.159 e. The van der Waals surface area contributed by atoms with Gasteiger partial charge in [0.1, 0.15) is 16.7 Å². The molecule has 14 aromatic rings. The van der Waals surface area contributed by atoms with Crippen molar-refractivity contribution in [2.75, 3.05) is 4.90 Å². The van der Waals surface area contributed by atoms with Crippen molar-refractivity contribution in [2.24, 2.45) is 0 Å². The predicted molar refractivity (Wildman–Crippen MR) is 260 cm³/mol. The van der Waals surface area contributed by atoms with Crippen LogP contribution in [0.1, 0.15) is 0 Å². The monoisotopic (exact) mass is 790 g/mol. The van der Waals surface area contributed by atoms with Crippen LogP contribution < -0.4 is 4.90 Å². The predicted octanol–water partition coefficient (Wildman–Crippen LogP) is 16.7. The standard InChI is InChI=1S/C58H34N2O2/c1-2-15-36(16-3-1)59(51-26-13-24-46-43-23-9-11-27-53(43)61-57(46)51)37-17-12-18-38(32-37)60-50-25-10-8-22-42(50)48-33-49-47-31-30-45-41-21-7-6-20-40(41)44-29-28-35-14-4-5-19-39(35)55(44)56(45)58(47)62-54(49)34-52(48)60/h1-34H. The molecule has 0 aliphatic heterocycles. The van der Waals surface area contributed by atoms with Crippen LogP contribution in [0.25, 0.3) is 114 Å². The molecule has 14 rings (SSSR count). The third kappa shape index (κ3) is 4.61. The number of hydrogen-bond acceptors (Lipinski definition) is 3. The first-order valence-electron chi connectivity index (χ1n) is 21.2. The van der Waals surface area contributed by atoms with Crippen LogP contribution in [-0.4, -0.2) is 4.57 Å². The molecule has 4 nitrogen and oxygen atoms in total. The van der Waals surface area contributed by atoms with Crippen LogP contribution in [0.3, 0.4) is 0 Å². The highest BCUT2D eigenvalue weighted by atomic mass is 16.3. The smallest absolute Gasteiger partial charge is 0.159 e. The third-order valence-electron chi connectivity index (χ3n) is 13.1. The zero-order chi connectivity index (χ0) is 40.5. The Labute approximate surface area is 354 Å². The highest BCUT2D eigenvalue weighted by Gasteiger charge is 2.23. The minimum Gasteiger partial charge on any atom is -0.455 e. The van der Waals surface area contributed by atoms with E-state index in [9.17, 15) is 0 Å². The molecule has 0 N–H and O–H groups in total. The lowest BCUT2D eigenvalue weighted by Gasteiger charge is -2.26. The van der Waals surface area contributed by atoms with Gasteiger partial charge in [0.2, 0.25) is 0 Å². The second kappa shape index (κ2) is 12.6. The lowest BCUT2D eigenvalue weighted by Crippen LogP contribution is -2.10. The van der Waals surface area contributed by atoms with Crippen LogP contribution in [0.15, 0.2) is 215 Å². The highest BCUT2D eigenvalue weighted by molar-refractivity contribution is 6.37. The second-order valence-corrected chi connectivity index (χ2v) is 16.4. The van der Waals surface area contributed by atoms with E-state index < -0.39 is 0 Å². The number of nitrogens with zero attached hydrogens (tertiary/aromatic N) is 2. The summed E-state index contributed by atoms with van der Waals surface area (Å²) in [5.74, 6) is 0.